The number of ether oxygens (including phenoxy) is 2. The van der Waals surface area contributed by atoms with E-state index in [2.05, 4.69) is 67.0 Å². The molecule has 0 bridgehead atoms. The van der Waals surface area contributed by atoms with Gasteiger partial charge in [0.2, 0.25) is 0 Å². The third-order valence-corrected chi connectivity index (χ3v) is 7.27. The first-order valence-corrected chi connectivity index (χ1v) is 18.6. The molecule has 45 heavy (non-hydrogen) atoms. The molecule has 0 rings (SSSR count). The molecule has 1 atom stereocenters. The van der Waals surface area contributed by atoms with Crippen LogP contribution in [0, 0.1) is 0 Å². The van der Waals surface area contributed by atoms with Crippen molar-refractivity contribution in [1.29, 1.82) is 0 Å². The second-order valence-electron chi connectivity index (χ2n) is 11.1. The maximum absolute atomic E-state index is 12.3. The summed E-state index contributed by atoms with van der Waals surface area (Å²) in [4.78, 5) is 42.5. The van der Waals surface area contributed by atoms with E-state index in [9.17, 15) is 14.2 Å². The van der Waals surface area contributed by atoms with E-state index in [1.165, 1.54) is 38.5 Å². The average Bonchev–Trinajstić information content (AvgIpc) is 3.00. The van der Waals surface area contributed by atoms with Gasteiger partial charge < -0.3 is 19.3 Å². The van der Waals surface area contributed by atoms with Crippen LogP contribution < -0.4 is 0 Å². The van der Waals surface area contributed by atoms with Crippen molar-refractivity contribution in [2.75, 3.05) is 13.2 Å². The lowest BCUT2D eigenvalue weighted by molar-refractivity contribution is -0.161. The van der Waals surface area contributed by atoms with Crippen molar-refractivity contribution in [2.45, 2.75) is 142 Å². The van der Waals surface area contributed by atoms with E-state index < -0.39 is 32.5 Å². The maximum Gasteiger partial charge on any atom is 0.469 e. The Bertz CT molecular complexity index is 916. The van der Waals surface area contributed by atoms with Gasteiger partial charge in [0.1, 0.15) is 6.61 Å². The molecule has 0 aromatic rings. The number of hydrogen-bond acceptors (Lipinski definition) is 6. The monoisotopic (exact) mass is 652 g/mol. The highest BCUT2D eigenvalue weighted by atomic mass is 31.2. The molecule has 9 heteroatoms. The Morgan fingerprint density at radius 1 is 0.600 bits per heavy atom. The number of phosphoric ester groups is 1. The van der Waals surface area contributed by atoms with Crippen LogP contribution in [0.1, 0.15) is 136 Å². The Morgan fingerprint density at radius 3 is 1.69 bits per heavy atom. The van der Waals surface area contributed by atoms with E-state index in [4.69, 9.17) is 19.3 Å². The fourth-order valence-electron chi connectivity index (χ4n) is 4.26. The molecule has 0 aliphatic heterocycles. The third-order valence-electron chi connectivity index (χ3n) is 6.78. The SMILES string of the molecule is CC/C=C\C/C=C\C/C=C\C/C=C\CCC(=O)OC(COC(=O)CCCCCCC/C=C\CCCCCCC)COP(=O)(O)O. The normalized spacial score (nSPS) is 13.2. The molecule has 0 aromatic heterocycles. The predicted molar refractivity (Wildman–Crippen MR) is 184 cm³/mol. The summed E-state index contributed by atoms with van der Waals surface area (Å²) in [5.41, 5.74) is 0. The topological polar surface area (TPSA) is 119 Å². The van der Waals surface area contributed by atoms with Crippen LogP contribution in [0.25, 0.3) is 0 Å². The molecule has 8 nitrogen and oxygen atoms in total. The minimum atomic E-state index is -4.77. The lowest BCUT2D eigenvalue weighted by Crippen LogP contribution is -2.29. The zero-order valence-electron chi connectivity index (χ0n) is 28.0. The van der Waals surface area contributed by atoms with Gasteiger partial charge in [-0.25, -0.2) is 4.57 Å². The van der Waals surface area contributed by atoms with Gasteiger partial charge in [0.15, 0.2) is 6.10 Å². The summed E-state index contributed by atoms with van der Waals surface area (Å²) in [6.07, 6.45) is 38.2. The molecule has 0 saturated carbocycles. The first kappa shape index (κ1) is 42.8. The Balaban J connectivity index is 4.14. The number of carbonyl (C=O) groups excluding carboxylic acids is 2. The molecular weight excluding hydrogens is 591 g/mol. The highest BCUT2D eigenvalue weighted by Crippen LogP contribution is 2.35. The van der Waals surface area contributed by atoms with Gasteiger partial charge in [-0.05, 0) is 64.2 Å². The van der Waals surface area contributed by atoms with Gasteiger partial charge in [-0.1, -0.05) is 120 Å². The standard InChI is InChI=1S/C36H61O8P/c1-3-5-7-9-11-13-15-17-19-20-22-24-26-28-30-35(37)42-32-34(33-43-45(39,40)41)44-36(38)31-29-27-25-23-21-18-16-14-12-10-8-6-4-2/h6,8,12,14-15,17-18,21,25,27,34H,3-5,7,9-11,13,16,19-20,22-24,26,28-33H2,1-2H3,(H2,39,40,41)/b8-6-,14-12-,17-15-,21-18-,27-25-. The van der Waals surface area contributed by atoms with E-state index in [0.717, 1.165) is 57.8 Å². The summed E-state index contributed by atoms with van der Waals surface area (Å²) in [5, 5.41) is 0. The van der Waals surface area contributed by atoms with Crippen molar-refractivity contribution in [3.8, 4) is 0 Å². The molecule has 0 aromatic carbocycles. The van der Waals surface area contributed by atoms with Crippen LogP contribution in [0.5, 0.6) is 0 Å². The molecule has 0 spiro atoms. The van der Waals surface area contributed by atoms with Gasteiger partial charge in [-0.15, -0.1) is 0 Å². The van der Waals surface area contributed by atoms with Crippen molar-refractivity contribution < 1.29 is 37.9 Å². The number of unbranched alkanes of at least 4 members (excludes halogenated alkanes) is 10. The fraction of sp³-hybridized carbons (Fsp3) is 0.667. The summed E-state index contributed by atoms with van der Waals surface area (Å²) >= 11 is 0. The zero-order valence-corrected chi connectivity index (χ0v) is 28.9. The number of rotatable bonds is 30. The number of phosphoric acid groups is 1. The summed E-state index contributed by atoms with van der Waals surface area (Å²) in [6.45, 7) is 3.46. The van der Waals surface area contributed by atoms with Crippen LogP contribution in [-0.4, -0.2) is 41.0 Å². The van der Waals surface area contributed by atoms with Crippen molar-refractivity contribution >= 4 is 19.8 Å². The van der Waals surface area contributed by atoms with Gasteiger partial charge in [-0.2, -0.15) is 0 Å². The van der Waals surface area contributed by atoms with Gasteiger partial charge in [-0.3, -0.25) is 14.1 Å². The average molecular weight is 653 g/mol. The van der Waals surface area contributed by atoms with Crippen LogP contribution in [0.15, 0.2) is 60.8 Å². The van der Waals surface area contributed by atoms with E-state index >= 15 is 0 Å². The highest BCUT2D eigenvalue weighted by molar-refractivity contribution is 7.46. The predicted octanol–water partition coefficient (Wildman–Crippen LogP) is 9.78. The van der Waals surface area contributed by atoms with E-state index in [-0.39, 0.29) is 19.4 Å². The minimum absolute atomic E-state index is 0.0867. The highest BCUT2D eigenvalue weighted by Gasteiger charge is 2.22. The van der Waals surface area contributed by atoms with Crippen LogP contribution in [0.2, 0.25) is 0 Å². The number of allylic oxidation sites excluding steroid dienone is 10. The second-order valence-corrected chi connectivity index (χ2v) is 12.3. The van der Waals surface area contributed by atoms with Gasteiger partial charge >= 0.3 is 19.8 Å². The second kappa shape index (κ2) is 31.7. The first-order chi connectivity index (χ1) is 21.8. The van der Waals surface area contributed by atoms with E-state index in [1.54, 1.807) is 0 Å². The minimum Gasteiger partial charge on any atom is -0.462 e. The lowest BCUT2D eigenvalue weighted by atomic mass is 10.1. The zero-order chi connectivity index (χ0) is 33.3. The third kappa shape index (κ3) is 34.5. The summed E-state index contributed by atoms with van der Waals surface area (Å²) in [5.74, 6) is -0.997. The molecule has 258 valence electrons. The largest absolute Gasteiger partial charge is 0.469 e. The Morgan fingerprint density at radius 2 is 1.11 bits per heavy atom. The quantitative estimate of drug-likeness (QED) is 0.0341. The molecule has 1 unspecified atom stereocenters. The van der Waals surface area contributed by atoms with Crippen molar-refractivity contribution in [1.82, 2.24) is 0 Å². The Hall–Kier alpha value is -2.25. The lowest BCUT2D eigenvalue weighted by Gasteiger charge is -2.18. The van der Waals surface area contributed by atoms with Crippen molar-refractivity contribution in [3.05, 3.63) is 60.8 Å². The Labute approximate surface area is 273 Å². The fourth-order valence-corrected chi connectivity index (χ4v) is 4.62. The maximum atomic E-state index is 12.3. The number of carbonyl (C=O) groups is 2. The van der Waals surface area contributed by atoms with E-state index in [1.807, 2.05) is 12.2 Å². The van der Waals surface area contributed by atoms with Gasteiger partial charge in [0.05, 0.1) is 6.61 Å². The van der Waals surface area contributed by atoms with Crippen molar-refractivity contribution in [3.63, 3.8) is 0 Å². The smallest absolute Gasteiger partial charge is 0.462 e. The van der Waals surface area contributed by atoms with Gasteiger partial charge in [0, 0.05) is 12.8 Å². The first-order valence-electron chi connectivity index (χ1n) is 17.1. The van der Waals surface area contributed by atoms with Gasteiger partial charge in [0.25, 0.3) is 0 Å². The van der Waals surface area contributed by atoms with Crippen LogP contribution >= 0.6 is 7.82 Å². The van der Waals surface area contributed by atoms with E-state index in [0.29, 0.717) is 12.8 Å². The molecule has 0 radical (unpaired) electrons. The summed E-state index contributed by atoms with van der Waals surface area (Å²) < 4.78 is 26.1. The molecule has 0 aliphatic rings. The molecule has 0 fully saturated rings. The molecule has 0 saturated heterocycles. The number of hydrogen-bond donors (Lipinski definition) is 2. The van der Waals surface area contributed by atoms with Crippen molar-refractivity contribution in [2.24, 2.45) is 0 Å². The van der Waals surface area contributed by atoms with Crippen LogP contribution in [0.3, 0.4) is 0 Å². The Kier molecular flexibility index (Phi) is 30.1. The molecule has 0 amide bonds. The summed E-state index contributed by atoms with van der Waals surface area (Å²) in [7, 11) is -4.77. The molecule has 2 N–H and O–H groups in total. The molecule has 0 aliphatic carbocycles. The van der Waals surface area contributed by atoms with Crippen LogP contribution in [-0.2, 0) is 28.2 Å². The number of esters is 2. The molecule has 0 heterocycles. The van der Waals surface area contributed by atoms with Crippen LogP contribution in [0.4, 0.5) is 0 Å². The molecular formula is C36H61O8P. The summed E-state index contributed by atoms with van der Waals surface area (Å²) in [6, 6.07) is 0.